The van der Waals surface area contributed by atoms with Crippen molar-refractivity contribution >= 4 is 23.3 Å². The molecule has 0 saturated carbocycles. The van der Waals surface area contributed by atoms with E-state index < -0.39 is 0 Å². The van der Waals surface area contributed by atoms with Crippen molar-refractivity contribution in [3.05, 3.63) is 77.6 Å². The standard InChI is InChI=1S/C24H29N3.C8H15NO.C2H6/c1-8-19(15-25-5)23-13-17(3)24(26-18(23)4)22-12-10-11-21(14-22)20(9-2)16-27(6)7;1-7-3-5-9(6-4-7)8(2)10;1-2/h8-16H,2H2,1,3-7H3;7H,3-6H2,1-2H3;1-2H3/b19-8+,20-16+,25-15?;;. The Kier molecular flexibility index (Phi) is 14.8. The predicted molar refractivity (Wildman–Crippen MR) is 171 cm³/mol. The van der Waals surface area contributed by atoms with Crippen LogP contribution >= 0.6 is 0 Å². The minimum atomic E-state index is 0.229. The first-order valence-electron chi connectivity index (χ1n) is 14.0. The molecule has 1 aliphatic heterocycles. The lowest BCUT2D eigenvalue weighted by Crippen LogP contribution is -2.36. The maximum Gasteiger partial charge on any atom is 0.219 e. The third kappa shape index (κ3) is 10.3. The number of pyridine rings is 1. The number of hydrogen-bond donors (Lipinski definition) is 0. The van der Waals surface area contributed by atoms with Crippen LogP contribution in [0.25, 0.3) is 22.4 Å². The molecule has 5 nitrogen and oxygen atoms in total. The van der Waals surface area contributed by atoms with E-state index in [1.165, 1.54) is 12.8 Å². The van der Waals surface area contributed by atoms with Gasteiger partial charge < -0.3 is 9.80 Å². The number of hydrogen-bond acceptors (Lipinski definition) is 4. The summed E-state index contributed by atoms with van der Waals surface area (Å²) in [7, 11) is 5.82. The van der Waals surface area contributed by atoms with Crippen molar-refractivity contribution in [2.24, 2.45) is 10.9 Å². The van der Waals surface area contributed by atoms with Crippen LogP contribution < -0.4 is 0 Å². The van der Waals surface area contributed by atoms with E-state index in [1.54, 1.807) is 14.0 Å². The number of nitrogens with zero attached hydrogens (tertiary/aromatic N) is 4. The smallest absolute Gasteiger partial charge is 0.219 e. The summed E-state index contributed by atoms with van der Waals surface area (Å²) in [5.74, 6) is 1.04. The average molecular weight is 531 g/mol. The van der Waals surface area contributed by atoms with E-state index in [0.29, 0.717) is 0 Å². The number of likely N-dealkylation sites (tertiary alicyclic amines) is 1. The van der Waals surface area contributed by atoms with Crippen LogP contribution in [0.5, 0.6) is 0 Å². The summed E-state index contributed by atoms with van der Waals surface area (Å²) >= 11 is 0. The minimum absolute atomic E-state index is 0.229. The fourth-order valence-corrected chi connectivity index (χ4v) is 4.42. The number of benzene rings is 1. The van der Waals surface area contributed by atoms with Gasteiger partial charge in [0, 0.05) is 70.4 Å². The Balaban J connectivity index is 0.000000528. The van der Waals surface area contributed by atoms with Crippen molar-refractivity contribution in [3.8, 4) is 11.3 Å². The van der Waals surface area contributed by atoms with Gasteiger partial charge in [0.05, 0.1) is 5.69 Å². The minimum Gasteiger partial charge on any atom is -0.383 e. The van der Waals surface area contributed by atoms with E-state index in [0.717, 1.165) is 63.8 Å². The van der Waals surface area contributed by atoms with Crippen molar-refractivity contribution in [1.29, 1.82) is 0 Å². The fourth-order valence-electron chi connectivity index (χ4n) is 4.42. The molecular weight excluding hydrogens is 480 g/mol. The molecule has 0 atom stereocenters. The van der Waals surface area contributed by atoms with Crippen LogP contribution in [0.15, 0.2) is 60.3 Å². The largest absolute Gasteiger partial charge is 0.383 e. The van der Waals surface area contributed by atoms with Gasteiger partial charge in [-0.1, -0.05) is 57.7 Å². The average Bonchev–Trinajstić information content (AvgIpc) is 2.93. The van der Waals surface area contributed by atoms with Gasteiger partial charge in [0.15, 0.2) is 0 Å². The summed E-state index contributed by atoms with van der Waals surface area (Å²) in [6.07, 6.45) is 10.3. The van der Waals surface area contributed by atoms with E-state index in [4.69, 9.17) is 4.98 Å². The number of piperidine rings is 1. The highest BCUT2D eigenvalue weighted by atomic mass is 16.2. The van der Waals surface area contributed by atoms with Gasteiger partial charge in [-0.25, -0.2) is 0 Å². The highest BCUT2D eigenvalue weighted by Crippen LogP contribution is 2.29. The Morgan fingerprint density at radius 3 is 2.28 bits per heavy atom. The zero-order chi connectivity index (χ0) is 29.5. The van der Waals surface area contributed by atoms with Gasteiger partial charge in [-0.15, -0.1) is 0 Å². The first-order valence-corrected chi connectivity index (χ1v) is 14.0. The molecule has 1 amide bonds. The lowest BCUT2D eigenvalue weighted by molar-refractivity contribution is -0.130. The Labute approximate surface area is 238 Å². The number of aliphatic imine (C=N–C) groups is 1. The van der Waals surface area contributed by atoms with Crippen LogP contribution in [0.3, 0.4) is 0 Å². The van der Waals surface area contributed by atoms with Gasteiger partial charge >= 0.3 is 0 Å². The SMILES string of the molecule is C=C/C(=C\N(C)C)c1cccc(-c2nc(C)c(/C(C=NC)=C/C)cc2C)c1.CC.CC(=O)N1CCC(C)CC1. The summed E-state index contributed by atoms with van der Waals surface area (Å²) < 4.78 is 0. The Hall–Kier alpha value is -3.47. The van der Waals surface area contributed by atoms with E-state index in [1.807, 2.05) is 57.0 Å². The van der Waals surface area contributed by atoms with Crippen LogP contribution in [-0.2, 0) is 4.79 Å². The van der Waals surface area contributed by atoms with Crippen LogP contribution in [0.2, 0.25) is 0 Å². The van der Waals surface area contributed by atoms with Crippen LogP contribution in [0, 0.1) is 19.8 Å². The van der Waals surface area contributed by atoms with Crippen molar-refractivity contribution in [1.82, 2.24) is 14.8 Å². The maximum atomic E-state index is 10.8. The molecular formula is C34H50N4O. The molecule has 212 valence electrons. The molecule has 1 aliphatic rings. The molecule has 0 bridgehead atoms. The van der Waals surface area contributed by atoms with Crippen molar-refractivity contribution in [2.75, 3.05) is 34.2 Å². The molecule has 1 saturated heterocycles. The Bertz CT molecular complexity index is 1170. The molecule has 0 aliphatic carbocycles. The maximum absolute atomic E-state index is 10.8. The van der Waals surface area contributed by atoms with Crippen LogP contribution in [-0.4, -0.2) is 61.1 Å². The number of aryl methyl sites for hydroxylation is 2. The lowest BCUT2D eigenvalue weighted by atomic mass is 9.97. The molecule has 2 aromatic rings. The van der Waals surface area contributed by atoms with Gasteiger partial charge in [0.1, 0.15) is 0 Å². The number of carbonyl (C=O) groups is 1. The van der Waals surface area contributed by atoms with Gasteiger partial charge in [0.25, 0.3) is 0 Å². The summed E-state index contributed by atoms with van der Waals surface area (Å²) in [5, 5.41) is 0. The molecule has 0 radical (unpaired) electrons. The number of aromatic nitrogens is 1. The predicted octanol–water partition coefficient (Wildman–Crippen LogP) is 7.85. The number of rotatable bonds is 6. The number of amides is 1. The third-order valence-corrected chi connectivity index (χ3v) is 6.61. The molecule has 1 aromatic heterocycles. The first-order chi connectivity index (χ1) is 18.6. The van der Waals surface area contributed by atoms with Gasteiger partial charge in [0.2, 0.25) is 5.91 Å². The summed E-state index contributed by atoms with van der Waals surface area (Å²) in [5.41, 5.74) is 8.70. The third-order valence-electron chi connectivity index (χ3n) is 6.61. The Morgan fingerprint density at radius 1 is 1.13 bits per heavy atom. The molecule has 1 fully saturated rings. The zero-order valence-corrected chi connectivity index (χ0v) is 26.0. The van der Waals surface area contributed by atoms with E-state index in [9.17, 15) is 4.79 Å². The summed E-state index contributed by atoms with van der Waals surface area (Å²) in [6.45, 7) is 20.0. The monoisotopic (exact) mass is 530 g/mol. The van der Waals surface area contributed by atoms with Gasteiger partial charge in [-0.2, -0.15) is 0 Å². The molecule has 0 spiro atoms. The second-order valence-electron chi connectivity index (χ2n) is 9.94. The molecule has 0 N–H and O–H groups in total. The van der Waals surface area contributed by atoms with Gasteiger partial charge in [-0.05, 0) is 73.9 Å². The van der Waals surface area contributed by atoms with Crippen LogP contribution in [0.1, 0.15) is 69.8 Å². The topological polar surface area (TPSA) is 48.8 Å². The van der Waals surface area contributed by atoms with E-state index in [-0.39, 0.29) is 5.91 Å². The quantitative estimate of drug-likeness (QED) is 0.282. The summed E-state index contributed by atoms with van der Waals surface area (Å²) in [6, 6.07) is 10.7. The molecule has 1 aromatic carbocycles. The number of allylic oxidation sites excluding steroid dienone is 4. The Morgan fingerprint density at radius 2 is 1.77 bits per heavy atom. The van der Waals surface area contributed by atoms with E-state index >= 15 is 0 Å². The van der Waals surface area contributed by atoms with Crippen molar-refractivity contribution < 1.29 is 4.79 Å². The number of carbonyl (C=O) groups excluding carboxylic acids is 1. The van der Waals surface area contributed by atoms with Crippen molar-refractivity contribution in [3.63, 3.8) is 0 Å². The fraction of sp³-hybridized carbons (Fsp3) is 0.441. The normalized spacial score (nSPS) is 14.3. The highest BCUT2D eigenvalue weighted by molar-refractivity contribution is 6.10. The lowest BCUT2D eigenvalue weighted by Gasteiger charge is -2.29. The highest BCUT2D eigenvalue weighted by Gasteiger charge is 2.16. The molecule has 5 heteroatoms. The summed E-state index contributed by atoms with van der Waals surface area (Å²) in [4.78, 5) is 23.9. The second kappa shape index (κ2) is 17.2. The van der Waals surface area contributed by atoms with Gasteiger partial charge in [-0.3, -0.25) is 14.8 Å². The molecule has 2 heterocycles. The van der Waals surface area contributed by atoms with Crippen molar-refractivity contribution in [2.45, 2.75) is 61.3 Å². The zero-order valence-electron chi connectivity index (χ0n) is 26.0. The molecule has 0 unspecified atom stereocenters. The molecule has 3 rings (SSSR count). The first kappa shape index (κ1) is 33.6. The van der Waals surface area contributed by atoms with Crippen LogP contribution in [0.4, 0.5) is 0 Å². The second-order valence-corrected chi connectivity index (χ2v) is 9.94. The van der Waals surface area contributed by atoms with E-state index in [2.05, 4.69) is 75.0 Å². The molecule has 39 heavy (non-hydrogen) atoms.